The first-order chi connectivity index (χ1) is 9.17. The van der Waals surface area contributed by atoms with E-state index in [4.69, 9.17) is 4.98 Å². The molecule has 0 saturated carbocycles. The number of hydrogen-bond acceptors (Lipinski definition) is 3. The summed E-state index contributed by atoms with van der Waals surface area (Å²) in [6, 6.07) is 10.2. The summed E-state index contributed by atoms with van der Waals surface area (Å²) < 4.78 is 0.910. The van der Waals surface area contributed by atoms with Gasteiger partial charge in [0.1, 0.15) is 11.6 Å². The van der Waals surface area contributed by atoms with Crippen LogP contribution in [0.15, 0.2) is 34.8 Å². The number of rotatable bonds is 4. The summed E-state index contributed by atoms with van der Waals surface area (Å²) in [6.45, 7) is 4.30. The Balaban J connectivity index is 2.59. The van der Waals surface area contributed by atoms with Crippen molar-refractivity contribution in [3.63, 3.8) is 0 Å². The van der Waals surface area contributed by atoms with E-state index in [2.05, 4.69) is 52.2 Å². The molecule has 0 bridgehead atoms. The van der Waals surface area contributed by atoms with Crippen LogP contribution in [0.2, 0.25) is 0 Å². The van der Waals surface area contributed by atoms with E-state index in [1.54, 1.807) is 0 Å². The third-order valence-electron chi connectivity index (χ3n) is 3.21. The zero-order chi connectivity index (χ0) is 13.8. The van der Waals surface area contributed by atoms with Crippen LogP contribution in [0.3, 0.4) is 0 Å². The number of anilines is 1. The first kappa shape index (κ1) is 14.0. The van der Waals surface area contributed by atoms with E-state index in [1.165, 1.54) is 0 Å². The molecule has 1 atom stereocenters. The van der Waals surface area contributed by atoms with Gasteiger partial charge in [-0.05, 0) is 22.4 Å². The lowest BCUT2D eigenvalue weighted by Crippen LogP contribution is -2.06. The maximum atomic E-state index is 4.72. The van der Waals surface area contributed by atoms with Crippen LogP contribution in [0.4, 0.5) is 5.82 Å². The van der Waals surface area contributed by atoms with Gasteiger partial charge in [0.15, 0.2) is 0 Å². The molecule has 4 heteroatoms. The molecule has 3 nitrogen and oxygen atoms in total. The van der Waals surface area contributed by atoms with Gasteiger partial charge in [-0.15, -0.1) is 0 Å². The van der Waals surface area contributed by atoms with Crippen LogP contribution >= 0.6 is 15.9 Å². The highest BCUT2D eigenvalue weighted by Gasteiger charge is 2.15. The molecule has 0 saturated heterocycles. The molecule has 0 aliphatic carbocycles. The van der Waals surface area contributed by atoms with Crippen LogP contribution in [0.25, 0.3) is 11.3 Å². The van der Waals surface area contributed by atoms with Crippen LogP contribution < -0.4 is 5.32 Å². The molecule has 2 aromatic rings. The lowest BCUT2D eigenvalue weighted by molar-refractivity contribution is 0.680. The van der Waals surface area contributed by atoms with Gasteiger partial charge in [-0.25, -0.2) is 9.97 Å². The fourth-order valence-electron chi connectivity index (χ4n) is 1.82. The molecule has 1 aromatic carbocycles. The molecule has 0 aliphatic rings. The van der Waals surface area contributed by atoms with Crippen LogP contribution in [0.5, 0.6) is 0 Å². The van der Waals surface area contributed by atoms with Crippen molar-refractivity contribution in [2.45, 2.75) is 26.2 Å². The second kappa shape index (κ2) is 6.15. The van der Waals surface area contributed by atoms with Gasteiger partial charge in [0, 0.05) is 18.5 Å². The molecular weight excluding hydrogens is 302 g/mol. The van der Waals surface area contributed by atoms with E-state index in [-0.39, 0.29) is 0 Å². The van der Waals surface area contributed by atoms with Crippen molar-refractivity contribution >= 4 is 21.7 Å². The predicted octanol–water partition coefficient (Wildman–Crippen LogP) is 4.46. The quantitative estimate of drug-likeness (QED) is 0.904. The van der Waals surface area contributed by atoms with Crippen molar-refractivity contribution in [1.82, 2.24) is 9.97 Å². The van der Waals surface area contributed by atoms with Gasteiger partial charge < -0.3 is 5.32 Å². The average Bonchev–Trinajstić information content (AvgIpc) is 2.47. The van der Waals surface area contributed by atoms with E-state index in [0.29, 0.717) is 5.92 Å². The smallest absolute Gasteiger partial charge is 0.144 e. The number of halogens is 1. The number of nitrogens with zero attached hydrogens (tertiary/aromatic N) is 2. The summed E-state index contributed by atoms with van der Waals surface area (Å²) >= 11 is 3.60. The molecule has 0 spiro atoms. The zero-order valence-corrected chi connectivity index (χ0v) is 13.0. The Morgan fingerprint density at radius 3 is 2.47 bits per heavy atom. The van der Waals surface area contributed by atoms with E-state index in [0.717, 1.165) is 33.8 Å². The molecule has 0 amide bonds. The summed E-state index contributed by atoms with van der Waals surface area (Å²) in [5.41, 5.74) is 2.04. The third kappa shape index (κ3) is 2.95. The van der Waals surface area contributed by atoms with Crippen molar-refractivity contribution in [1.29, 1.82) is 0 Å². The van der Waals surface area contributed by atoms with Crippen molar-refractivity contribution in [2.24, 2.45) is 0 Å². The number of benzene rings is 1. The number of hydrogen-bond donors (Lipinski definition) is 1. The van der Waals surface area contributed by atoms with Gasteiger partial charge in [0.25, 0.3) is 0 Å². The van der Waals surface area contributed by atoms with Gasteiger partial charge in [-0.1, -0.05) is 44.2 Å². The monoisotopic (exact) mass is 319 g/mol. The van der Waals surface area contributed by atoms with Crippen LogP contribution in [0, 0.1) is 0 Å². The first-order valence-electron chi connectivity index (χ1n) is 6.48. The van der Waals surface area contributed by atoms with Gasteiger partial charge in [0.2, 0.25) is 0 Å². The highest BCUT2D eigenvalue weighted by atomic mass is 79.9. The Labute approximate surface area is 122 Å². The number of nitrogens with one attached hydrogen (secondary N) is 1. The van der Waals surface area contributed by atoms with Crippen molar-refractivity contribution in [3.05, 3.63) is 40.6 Å². The van der Waals surface area contributed by atoms with E-state index >= 15 is 0 Å². The Morgan fingerprint density at radius 1 is 1.21 bits per heavy atom. The summed E-state index contributed by atoms with van der Waals surface area (Å²) in [5.74, 6) is 2.07. The van der Waals surface area contributed by atoms with Gasteiger partial charge >= 0.3 is 0 Å². The lowest BCUT2D eigenvalue weighted by Gasteiger charge is -2.14. The minimum absolute atomic E-state index is 0.350. The summed E-state index contributed by atoms with van der Waals surface area (Å²) in [6.07, 6.45) is 1.03. The van der Waals surface area contributed by atoms with Crippen LogP contribution in [0.1, 0.15) is 32.0 Å². The van der Waals surface area contributed by atoms with Gasteiger partial charge in [-0.2, -0.15) is 0 Å². The standard InChI is InChI=1S/C15H18BrN3/c1-4-10(2)14-18-13(11-8-6-5-7-9-11)12(16)15(17-3)19-14/h5-10H,4H2,1-3H3,(H,17,18,19). The maximum absolute atomic E-state index is 4.72. The Kier molecular flexibility index (Phi) is 4.53. The van der Waals surface area contributed by atoms with Crippen LogP contribution in [-0.2, 0) is 0 Å². The summed E-state index contributed by atoms with van der Waals surface area (Å²) in [4.78, 5) is 9.30. The zero-order valence-electron chi connectivity index (χ0n) is 11.4. The molecule has 19 heavy (non-hydrogen) atoms. The molecule has 0 radical (unpaired) electrons. The highest BCUT2D eigenvalue weighted by Crippen LogP contribution is 2.32. The van der Waals surface area contributed by atoms with Crippen LogP contribution in [-0.4, -0.2) is 17.0 Å². The second-order valence-corrected chi connectivity index (χ2v) is 5.31. The van der Waals surface area contributed by atoms with Crippen molar-refractivity contribution in [2.75, 3.05) is 12.4 Å². The van der Waals surface area contributed by atoms with E-state index in [1.807, 2.05) is 25.2 Å². The van der Waals surface area contributed by atoms with Crippen molar-refractivity contribution < 1.29 is 0 Å². The second-order valence-electron chi connectivity index (χ2n) is 4.52. The highest BCUT2D eigenvalue weighted by molar-refractivity contribution is 9.10. The lowest BCUT2D eigenvalue weighted by atomic mass is 10.1. The number of aromatic nitrogens is 2. The fourth-order valence-corrected chi connectivity index (χ4v) is 2.42. The molecule has 100 valence electrons. The van der Waals surface area contributed by atoms with E-state index < -0.39 is 0 Å². The fraction of sp³-hybridized carbons (Fsp3) is 0.333. The minimum atomic E-state index is 0.350. The molecule has 1 aromatic heterocycles. The average molecular weight is 320 g/mol. The topological polar surface area (TPSA) is 37.8 Å². The minimum Gasteiger partial charge on any atom is -0.372 e. The Morgan fingerprint density at radius 2 is 1.89 bits per heavy atom. The van der Waals surface area contributed by atoms with Crippen molar-refractivity contribution in [3.8, 4) is 11.3 Å². The van der Waals surface area contributed by atoms with E-state index in [9.17, 15) is 0 Å². The van der Waals surface area contributed by atoms with Gasteiger partial charge in [-0.3, -0.25) is 0 Å². The normalized spacial score (nSPS) is 12.2. The summed E-state index contributed by atoms with van der Waals surface area (Å²) in [5, 5.41) is 3.13. The molecular formula is C15H18BrN3. The molecule has 0 aliphatic heterocycles. The maximum Gasteiger partial charge on any atom is 0.144 e. The first-order valence-corrected chi connectivity index (χ1v) is 7.27. The third-order valence-corrected chi connectivity index (χ3v) is 3.96. The molecule has 2 rings (SSSR count). The Bertz CT molecular complexity index is 555. The SMILES string of the molecule is CCC(C)c1nc(NC)c(Br)c(-c2ccccc2)n1. The Hall–Kier alpha value is -1.42. The summed E-state index contributed by atoms with van der Waals surface area (Å²) in [7, 11) is 1.88. The largest absolute Gasteiger partial charge is 0.372 e. The predicted molar refractivity (Wildman–Crippen MR) is 83.4 cm³/mol. The molecule has 1 N–H and O–H groups in total. The molecule has 1 unspecified atom stereocenters. The van der Waals surface area contributed by atoms with Gasteiger partial charge in [0.05, 0.1) is 10.2 Å². The molecule has 0 fully saturated rings. The molecule has 1 heterocycles.